The molecular formula is C24H24F2N2O7. The lowest BCUT2D eigenvalue weighted by molar-refractivity contribution is -0.138. The molecule has 3 rings (SSSR count). The summed E-state index contributed by atoms with van der Waals surface area (Å²) in [5.74, 6) is 0.440. The van der Waals surface area contributed by atoms with E-state index in [1.54, 1.807) is 31.2 Å². The third-order valence-electron chi connectivity index (χ3n) is 4.72. The summed E-state index contributed by atoms with van der Waals surface area (Å²) >= 11 is 0. The van der Waals surface area contributed by atoms with E-state index in [1.165, 1.54) is 18.2 Å². The summed E-state index contributed by atoms with van der Waals surface area (Å²) in [6.45, 7) is 0.283. The van der Waals surface area contributed by atoms with Gasteiger partial charge in [-0.15, -0.1) is 0 Å². The molecule has 0 atom stereocenters. The van der Waals surface area contributed by atoms with Gasteiger partial charge in [0.25, 0.3) is 0 Å². The van der Waals surface area contributed by atoms with Gasteiger partial charge < -0.3 is 23.7 Å². The number of carbonyl (C=O) groups excluding carboxylic acids is 1. The van der Waals surface area contributed by atoms with Gasteiger partial charge in [-0.05, 0) is 36.8 Å². The average molecular weight is 490 g/mol. The molecule has 3 aromatic rings. The van der Waals surface area contributed by atoms with Gasteiger partial charge in [-0.2, -0.15) is 8.78 Å². The van der Waals surface area contributed by atoms with Crippen LogP contribution >= 0.6 is 0 Å². The molecule has 2 aromatic carbocycles. The number of ether oxygens (including phenoxy) is 3. The maximum atomic E-state index is 12.6. The second kappa shape index (κ2) is 11.8. The number of aliphatic carboxylic acids is 1. The normalized spacial score (nSPS) is 10.8. The number of aryl methyl sites for hydroxylation is 2. The molecule has 9 nitrogen and oxygen atoms in total. The third kappa shape index (κ3) is 7.98. The van der Waals surface area contributed by atoms with E-state index in [0.717, 1.165) is 22.4 Å². The Balaban J connectivity index is 1.58. The van der Waals surface area contributed by atoms with Gasteiger partial charge in [0.2, 0.25) is 0 Å². The third-order valence-corrected chi connectivity index (χ3v) is 4.72. The molecule has 0 aliphatic carbocycles. The Morgan fingerprint density at radius 3 is 2.43 bits per heavy atom. The molecule has 0 spiro atoms. The smallest absolute Gasteiger partial charge is 0.416 e. The predicted octanol–water partition coefficient (Wildman–Crippen LogP) is 4.60. The topological polar surface area (TPSA) is 111 Å². The number of amides is 1. The standard InChI is InChI=1S/C24H24F2N2O7/c1-15-21(27-16(2)33-15)10-11-32-18-8-6-17(7-9-18)13-28(14-22(29)30)24(31)35-20-5-3-4-19(12-20)34-23(25)26/h3-9,12,23H,10-11,13-14H2,1-2H3,(H,29,30). The van der Waals surface area contributed by atoms with E-state index < -0.39 is 25.2 Å². The summed E-state index contributed by atoms with van der Waals surface area (Å²) in [5, 5.41) is 9.19. The van der Waals surface area contributed by atoms with Crippen LogP contribution in [0.5, 0.6) is 17.2 Å². The van der Waals surface area contributed by atoms with Crippen LogP contribution in [0.15, 0.2) is 52.9 Å². The zero-order valence-electron chi connectivity index (χ0n) is 19.1. The monoisotopic (exact) mass is 490 g/mol. The first-order valence-electron chi connectivity index (χ1n) is 10.6. The van der Waals surface area contributed by atoms with Crippen molar-refractivity contribution in [2.24, 2.45) is 0 Å². The van der Waals surface area contributed by atoms with E-state index in [2.05, 4.69) is 9.72 Å². The zero-order valence-corrected chi connectivity index (χ0v) is 19.1. The highest BCUT2D eigenvalue weighted by atomic mass is 19.3. The fraction of sp³-hybridized carbons (Fsp3) is 0.292. The first kappa shape index (κ1) is 25.5. The molecule has 35 heavy (non-hydrogen) atoms. The largest absolute Gasteiger partial charge is 0.493 e. The Kier molecular flexibility index (Phi) is 8.60. The fourth-order valence-electron chi connectivity index (χ4n) is 3.21. The van der Waals surface area contributed by atoms with Gasteiger partial charge in [0.15, 0.2) is 5.89 Å². The molecule has 11 heteroatoms. The molecule has 0 aliphatic heterocycles. The number of alkyl halides is 2. The average Bonchev–Trinajstić information content (AvgIpc) is 3.10. The van der Waals surface area contributed by atoms with Crippen molar-refractivity contribution in [3.8, 4) is 17.2 Å². The van der Waals surface area contributed by atoms with Gasteiger partial charge >= 0.3 is 18.7 Å². The molecule has 1 N–H and O–H groups in total. The minimum absolute atomic E-state index is 0.0595. The van der Waals surface area contributed by atoms with Crippen molar-refractivity contribution in [1.82, 2.24) is 9.88 Å². The molecule has 0 bridgehead atoms. The molecule has 1 aromatic heterocycles. The maximum Gasteiger partial charge on any atom is 0.416 e. The minimum atomic E-state index is -3.04. The number of carboxylic acids is 1. The highest BCUT2D eigenvalue weighted by molar-refractivity contribution is 5.78. The molecule has 0 fully saturated rings. The van der Waals surface area contributed by atoms with Crippen molar-refractivity contribution in [2.45, 2.75) is 33.4 Å². The van der Waals surface area contributed by atoms with E-state index in [1.807, 2.05) is 6.92 Å². The van der Waals surface area contributed by atoms with E-state index >= 15 is 0 Å². The summed E-state index contributed by atoms with van der Waals surface area (Å²) in [5.41, 5.74) is 1.46. The summed E-state index contributed by atoms with van der Waals surface area (Å²) < 4.78 is 45.3. The molecule has 0 saturated heterocycles. The number of oxazole rings is 1. The van der Waals surface area contributed by atoms with Crippen molar-refractivity contribution in [3.05, 3.63) is 71.4 Å². The molecule has 0 unspecified atom stereocenters. The molecule has 1 amide bonds. The van der Waals surface area contributed by atoms with E-state index in [9.17, 15) is 23.5 Å². The molecule has 0 saturated carbocycles. The fourth-order valence-corrected chi connectivity index (χ4v) is 3.21. The second-order valence-electron chi connectivity index (χ2n) is 7.45. The SMILES string of the molecule is Cc1nc(CCOc2ccc(CN(CC(=O)O)C(=O)Oc3cccc(OC(F)F)c3)cc2)c(C)o1. The highest BCUT2D eigenvalue weighted by Crippen LogP contribution is 2.22. The summed E-state index contributed by atoms with van der Waals surface area (Å²) in [7, 11) is 0. The van der Waals surface area contributed by atoms with Gasteiger partial charge in [0.1, 0.15) is 29.6 Å². The van der Waals surface area contributed by atoms with Crippen LogP contribution in [0, 0.1) is 13.8 Å². The van der Waals surface area contributed by atoms with Gasteiger partial charge in [0, 0.05) is 26.0 Å². The van der Waals surface area contributed by atoms with Crippen molar-refractivity contribution < 1.29 is 42.1 Å². The Hall–Kier alpha value is -4.15. The molecule has 0 aliphatic rings. The van der Waals surface area contributed by atoms with E-state index in [0.29, 0.717) is 30.2 Å². The summed E-state index contributed by atoms with van der Waals surface area (Å²) in [6.07, 6.45) is -0.382. The Morgan fingerprint density at radius 2 is 1.80 bits per heavy atom. The zero-order chi connectivity index (χ0) is 25.4. The van der Waals surface area contributed by atoms with Crippen LogP contribution in [0.1, 0.15) is 22.9 Å². The number of hydrogen-bond acceptors (Lipinski definition) is 7. The van der Waals surface area contributed by atoms with Crippen LogP contribution in [-0.4, -0.2) is 46.8 Å². The second-order valence-corrected chi connectivity index (χ2v) is 7.45. The first-order chi connectivity index (χ1) is 16.7. The summed E-state index contributed by atoms with van der Waals surface area (Å²) in [6, 6.07) is 11.9. The van der Waals surface area contributed by atoms with Crippen LogP contribution in [-0.2, 0) is 17.8 Å². The van der Waals surface area contributed by atoms with Crippen LogP contribution < -0.4 is 14.2 Å². The van der Waals surface area contributed by atoms with Gasteiger partial charge in [-0.1, -0.05) is 18.2 Å². The quantitative estimate of drug-likeness (QED) is 0.415. The van der Waals surface area contributed by atoms with Crippen LogP contribution in [0.25, 0.3) is 0 Å². The van der Waals surface area contributed by atoms with Crippen molar-refractivity contribution in [1.29, 1.82) is 0 Å². The van der Waals surface area contributed by atoms with Crippen molar-refractivity contribution in [3.63, 3.8) is 0 Å². The van der Waals surface area contributed by atoms with E-state index in [4.69, 9.17) is 13.9 Å². The lowest BCUT2D eigenvalue weighted by Gasteiger charge is -2.20. The number of carboxylic acid groups (broad SMARTS) is 1. The van der Waals surface area contributed by atoms with Crippen molar-refractivity contribution >= 4 is 12.1 Å². The Morgan fingerprint density at radius 1 is 1.09 bits per heavy atom. The number of rotatable bonds is 11. The number of halogens is 2. The van der Waals surface area contributed by atoms with Crippen molar-refractivity contribution in [2.75, 3.05) is 13.2 Å². The Bertz CT molecular complexity index is 1150. The number of hydrogen-bond donors (Lipinski definition) is 1. The van der Waals surface area contributed by atoms with Crippen LogP contribution in [0.2, 0.25) is 0 Å². The number of carbonyl (C=O) groups is 2. The number of benzene rings is 2. The van der Waals surface area contributed by atoms with Crippen LogP contribution in [0.4, 0.5) is 13.6 Å². The molecular weight excluding hydrogens is 466 g/mol. The van der Waals surface area contributed by atoms with Gasteiger partial charge in [-0.25, -0.2) is 9.78 Å². The summed E-state index contributed by atoms with van der Waals surface area (Å²) in [4.78, 5) is 29.1. The predicted molar refractivity (Wildman–Crippen MR) is 119 cm³/mol. The molecule has 186 valence electrons. The minimum Gasteiger partial charge on any atom is -0.493 e. The van der Waals surface area contributed by atoms with E-state index in [-0.39, 0.29) is 18.0 Å². The first-order valence-corrected chi connectivity index (χ1v) is 10.6. The maximum absolute atomic E-state index is 12.6. The Labute approximate surface area is 199 Å². The number of nitrogens with zero attached hydrogens (tertiary/aromatic N) is 2. The number of aromatic nitrogens is 1. The van der Waals surface area contributed by atoms with Crippen LogP contribution in [0.3, 0.4) is 0 Å². The lowest BCUT2D eigenvalue weighted by atomic mass is 10.2. The molecule has 0 radical (unpaired) electrons. The van der Waals surface area contributed by atoms with Gasteiger partial charge in [0.05, 0.1) is 12.3 Å². The van der Waals surface area contributed by atoms with Gasteiger partial charge in [-0.3, -0.25) is 9.69 Å². The lowest BCUT2D eigenvalue weighted by Crippen LogP contribution is -2.37. The highest BCUT2D eigenvalue weighted by Gasteiger charge is 2.20. The molecule has 1 heterocycles.